The van der Waals surface area contributed by atoms with E-state index < -0.39 is 15.3 Å². The van der Waals surface area contributed by atoms with Crippen LogP contribution >= 0.6 is 11.3 Å². The lowest BCUT2D eigenvalue weighted by molar-refractivity contribution is -0.123. The van der Waals surface area contributed by atoms with Crippen LogP contribution in [0.1, 0.15) is 48.1 Å². The number of carbonyl (C=O) groups excluding carboxylic acids is 1. The number of carbonyl (C=O) groups is 1. The summed E-state index contributed by atoms with van der Waals surface area (Å²) in [5.41, 5.74) is 1.25. The lowest BCUT2D eigenvalue weighted by atomic mass is 9.70. The van der Waals surface area contributed by atoms with Gasteiger partial charge in [-0.15, -0.1) is 11.3 Å². The summed E-state index contributed by atoms with van der Waals surface area (Å²) in [5.74, 6) is -0.556. The van der Waals surface area contributed by atoms with Crippen LogP contribution in [0.3, 0.4) is 0 Å². The van der Waals surface area contributed by atoms with Gasteiger partial charge in [0.05, 0.1) is 11.2 Å². The fourth-order valence-corrected chi connectivity index (χ4v) is 6.18. The Hall–Kier alpha value is -1.46. The van der Waals surface area contributed by atoms with Crippen molar-refractivity contribution in [2.45, 2.75) is 50.2 Å². The average molecular weight is 377 g/mol. The van der Waals surface area contributed by atoms with Gasteiger partial charge in [0.2, 0.25) is 0 Å². The summed E-state index contributed by atoms with van der Waals surface area (Å²) >= 11 is 1.57. The highest BCUT2D eigenvalue weighted by Gasteiger charge is 2.43. The molecule has 1 aliphatic rings. The Labute approximate surface area is 154 Å². The number of benzene rings is 1. The van der Waals surface area contributed by atoms with Crippen molar-refractivity contribution >= 4 is 27.0 Å². The standard InChI is InChI=1S/C20H24O3S2/c1-16-7-9-17(10-8-16)14-25(22,23)15-18(21)20(11-3-2-4-12-20)19-6-5-13-24-19/h5-10,13H,2-4,11-12,14-15H2,1H3. The Morgan fingerprint density at radius 1 is 1.08 bits per heavy atom. The molecule has 0 unspecified atom stereocenters. The summed E-state index contributed by atoms with van der Waals surface area (Å²) < 4.78 is 25.3. The molecule has 1 heterocycles. The third kappa shape index (κ3) is 4.21. The smallest absolute Gasteiger partial charge is 0.161 e. The van der Waals surface area contributed by atoms with Gasteiger partial charge in [0.15, 0.2) is 15.6 Å². The molecule has 0 bridgehead atoms. The fraction of sp³-hybridized carbons (Fsp3) is 0.450. The Kier molecular flexibility index (Phi) is 5.44. The summed E-state index contributed by atoms with van der Waals surface area (Å²) in [5, 5.41) is 1.97. The van der Waals surface area contributed by atoms with Crippen LogP contribution < -0.4 is 0 Å². The van der Waals surface area contributed by atoms with E-state index in [9.17, 15) is 13.2 Å². The SMILES string of the molecule is Cc1ccc(CS(=O)(=O)CC(=O)C2(c3cccs3)CCCCC2)cc1. The second kappa shape index (κ2) is 7.42. The monoisotopic (exact) mass is 376 g/mol. The van der Waals surface area contributed by atoms with Gasteiger partial charge in [-0.05, 0) is 36.8 Å². The van der Waals surface area contributed by atoms with E-state index in [0.717, 1.165) is 48.1 Å². The third-order valence-corrected chi connectivity index (χ3v) is 7.64. The van der Waals surface area contributed by atoms with Gasteiger partial charge < -0.3 is 0 Å². The number of aryl methyl sites for hydroxylation is 1. The van der Waals surface area contributed by atoms with Crippen LogP contribution in [0.15, 0.2) is 41.8 Å². The largest absolute Gasteiger partial charge is 0.298 e. The summed E-state index contributed by atoms with van der Waals surface area (Å²) in [4.78, 5) is 14.1. The number of rotatable bonds is 6. The zero-order valence-electron chi connectivity index (χ0n) is 14.5. The van der Waals surface area contributed by atoms with Gasteiger partial charge in [0, 0.05) is 4.88 Å². The predicted molar refractivity (Wildman–Crippen MR) is 103 cm³/mol. The first kappa shape index (κ1) is 18.3. The minimum absolute atomic E-state index is 0.0699. The van der Waals surface area contributed by atoms with E-state index >= 15 is 0 Å². The Bertz CT molecular complexity index is 812. The molecule has 0 aliphatic heterocycles. The molecule has 0 amide bonds. The zero-order chi connectivity index (χ0) is 17.9. The number of thiophene rings is 1. The lowest BCUT2D eigenvalue weighted by Crippen LogP contribution is -2.41. The van der Waals surface area contributed by atoms with E-state index in [-0.39, 0.29) is 17.3 Å². The fourth-order valence-electron chi connectivity index (χ4n) is 3.70. The summed E-state index contributed by atoms with van der Waals surface area (Å²) in [6, 6.07) is 11.4. The van der Waals surface area contributed by atoms with Crippen LogP contribution in [0.5, 0.6) is 0 Å². The summed E-state index contributed by atoms with van der Waals surface area (Å²) in [6.07, 6.45) is 4.64. The first-order valence-corrected chi connectivity index (χ1v) is 11.4. The molecule has 0 saturated heterocycles. The highest BCUT2D eigenvalue weighted by molar-refractivity contribution is 7.91. The molecular formula is C20H24O3S2. The first-order chi connectivity index (χ1) is 11.9. The average Bonchev–Trinajstić information content (AvgIpc) is 3.12. The molecule has 1 aromatic heterocycles. The van der Waals surface area contributed by atoms with Crippen molar-refractivity contribution in [1.29, 1.82) is 0 Å². The van der Waals surface area contributed by atoms with Gasteiger partial charge in [0.25, 0.3) is 0 Å². The number of hydrogen-bond acceptors (Lipinski definition) is 4. The molecule has 2 aromatic rings. The molecule has 134 valence electrons. The Balaban J connectivity index is 1.79. The number of hydrogen-bond donors (Lipinski definition) is 0. The molecule has 0 spiro atoms. The highest BCUT2D eigenvalue weighted by atomic mass is 32.2. The van der Waals surface area contributed by atoms with Gasteiger partial charge >= 0.3 is 0 Å². The summed E-state index contributed by atoms with van der Waals surface area (Å²) in [7, 11) is -3.47. The van der Waals surface area contributed by atoms with E-state index in [0.29, 0.717) is 0 Å². The quantitative estimate of drug-likeness (QED) is 0.749. The Morgan fingerprint density at radius 2 is 1.76 bits per heavy atom. The number of Topliss-reactive ketones (excluding diaryl/α,β-unsaturated/α-hetero) is 1. The van der Waals surface area contributed by atoms with Gasteiger partial charge in [-0.3, -0.25) is 4.79 Å². The van der Waals surface area contributed by atoms with Crippen molar-refractivity contribution in [1.82, 2.24) is 0 Å². The van der Waals surface area contributed by atoms with Crippen molar-refractivity contribution in [3.63, 3.8) is 0 Å². The van der Waals surface area contributed by atoms with Gasteiger partial charge in [0.1, 0.15) is 5.75 Å². The topological polar surface area (TPSA) is 51.2 Å². The van der Waals surface area contributed by atoms with Crippen molar-refractivity contribution in [3.05, 3.63) is 57.8 Å². The van der Waals surface area contributed by atoms with Gasteiger partial charge in [-0.1, -0.05) is 55.2 Å². The van der Waals surface area contributed by atoms with Crippen LogP contribution in [0, 0.1) is 6.92 Å². The maximum Gasteiger partial charge on any atom is 0.161 e. The maximum atomic E-state index is 13.1. The molecule has 1 saturated carbocycles. The van der Waals surface area contributed by atoms with E-state index in [1.807, 2.05) is 48.7 Å². The molecule has 1 fully saturated rings. The highest BCUT2D eigenvalue weighted by Crippen LogP contribution is 2.42. The van der Waals surface area contributed by atoms with E-state index in [4.69, 9.17) is 0 Å². The van der Waals surface area contributed by atoms with E-state index in [1.165, 1.54) is 0 Å². The molecule has 0 atom stereocenters. The molecule has 3 nitrogen and oxygen atoms in total. The molecule has 5 heteroatoms. The molecule has 0 N–H and O–H groups in total. The van der Waals surface area contributed by atoms with Crippen LogP contribution in [-0.2, 0) is 25.8 Å². The minimum Gasteiger partial charge on any atom is -0.298 e. The Morgan fingerprint density at radius 3 is 2.36 bits per heavy atom. The van der Waals surface area contributed by atoms with Gasteiger partial charge in [-0.2, -0.15) is 0 Å². The van der Waals surface area contributed by atoms with Crippen molar-refractivity contribution in [2.75, 3.05) is 5.75 Å². The third-order valence-electron chi connectivity index (χ3n) is 5.09. The predicted octanol–water partition coefficient (Wildman–Crippen LogP) is 4.44. The number of sulfone groups is 1. The van der Waals surface area contributed by atoms with Crippen molar-refractivity contribution < 1.29 is 13.2 Å². The molecule has 1 aromatic carbocycles. The molecular weight excluding hydrogens is 352 g/mol. The molecule has 3 rings (SSSR count). The van der Waals surface area contributed by atoms with Crippen molar-refractivity contribution in [2.24, 2.45) is 0 Å². The lowest BCUT2D eigenvalue weighted by Gasteiger charge is -2.35. The first-order valence-electron chi connectivity index (χ1n) is 8.75. The van der Waals surface area contributed by atoms with E-state index in [1.54, 1.807) is 11.3 Å². The summed E-state index contributed by atoms with van der Waals surface area (Å²) in [6.45, 7) is 1.97. The maximum absolute atomic E-state index is 13.1. The van der Waals surface area contributed by atoms with Crippen LogP contribution in [-0.4, -0.2) is 20.0 Å². The van der Waals surface area contributed by atoms with Crippen LogP contribution in [0.2, 0.25) is 0 Å². The van der Waals surface area contributed by atoms with Gasteiger partial charge in [-0.25, -0.2) is 8.42 Å². The van der Waals surface area contributed by atoms with Crippen LogP contribution in [0.4, 0.5) is 0 Å². The van der Waals surface area contributed by atoms with E-state index in [2.05, 4.69) is 0 Å². The second-order valence-corrected chi connectivity index (χ2v) is 10.1. The second-order valence-electron chi connectivity index (χ2n) is 7.06. The number of ketones is 1. The molecule has 1 aliphatic carbocycles. The van der Waals surface area contributed by atoms with Crippen molar-refractivity contribution in [3.8, 4) is 0 Å². The normalized spacial score (nSPS) is 17.3. The molecule has 0 radical (unpaired) electrons. The minimum atomic E-state index is -3.47. The van der Waals surface area contributed by atoms with Crippen LogP contribution in [0.25, 0.3) is 0 Å². The molecule has 25 heavy (non-hydrogen) atoms. The zero-order valence-corrected chi connectivity index (χ0v) is 16.2.